The van der Waals surface area contributed by atoms with Gasteiger partial charge in [-0.25, -0.2) is 4.99 Å². The number of methoxy groups -OCH3 is 1. The molecule has 1 saturated carbocycles. The first-order valence-corrected chi connectivity index (χ1v) is 13.9. The molecule has 3 fully saturated rings. The summed E-state index contributed by atoms with van der Waals surface area (Å²) in [6.45, 7) is 6.94. The molecule has 0 radical (unpaired) electrons. The van der Waals surface area contributed by atoms with Crippen molar-refractivity contribution in [1.29, 1.82) is 0 Å². The van der Waals surface area contributed by atoms with Gasteiger partial charge in [0.2, 0.25) is 0 Å². The van der Waals surface area contributed by atoms with E-state index < -0.39 is 6.10 Å². The molecule has 2 saturated heterocycles. The number of hydrogen-bond donors (Lipinski definition) is 2. The number of aliphatic hydroxyl groups excluding tert-OH is 1. The molecule has 2 N–H and O–H groups in total. The van der Waals surface area contributed by atoms with Gasteiger partial charge in [-0.2, -0.15) is 0 Å². The molecule has 206 valence electrons. The number of likely N-dealkylation sites (tertiary alicyclic amines) is 1. The fourth-order valence-electron chi connectivity index (χ4n) is 5.55. The highest BCUT2D eigenvalue weighted by Gasteiger charge is 2.45. The van der Waals surface area contributed by atoms with Crippen LogP contribution >= 0.6 is 11.6 Å². The molecular formula is C29H44ClN3O4. The van der Waals surface area contributed by atoms with Gasteiger partial charge >= 0.3 is 0 Å². The zero-order valence-electron chi connectivity index (χ0n) is 22.8. The topological polar surface area (TPSA) is 83.4 Å². The number of nitrogens with one attached hydrogen (secondary N) is 1. The average Bonchev–Trinajstić information content (AvgIpc) is 3.28. The van der Waals surface area contributed by atoms with Gasteiger partial charge in [0, 0.05) is 31.3 Å². The fraction of sp³-hybridized carbons (Fsp3) is 0.655. The Balaban J connectivity index is 0.000000319. The Morgan fingerprint density at radius 3 is 2.49 bits per heavy atom. The maximum Gasteiger partial charge on any atom is 0.125 e. The summed E-state index contributed by atoms with van der Waals surface area (Å²) >= 11 is 6.54. The van der Waals surface area contributed by atoms with Gasteiger partial charge in [-0.1, -0.05) is 17.7 Å². The normalized spacial score (nSPS) is 29.7. The van der Waals surface area contributed by atoms with Crippen LogP contribution in [0.3, 0.4) is 0 Å². The van der Waals surface area contributed by atoms with Gasteiger partial charge < -0.3 is 24.7 Å². The fourth-order valence-corrected chi connectivity index (χ4v) is 5.82. The number of rotatable bonds is 7. The van der Waals surface area contributed by atoms with Crippen LogP contribution < -0.4 is 5.32 Å². The zero-order chi connectivity index (χ0) is 26.8. The predicted molar refractivity (Wildman–Crippen MR) is 150 cm³/mol. The number of piperidine rings is 1. The molecular weight excluding hydrogens is 490 g/mol. The minimum atomic E-state index is -0.412. The first-order chi connectivity index (χ1) is 17.8. The smallest absolute Gasteiger partial charge is 0.125 e. The van der Waals surface area contributed by atoms with Crippen molar-refractivity contribution >= 4 is 30.2 Å². The van der Waals surface area contributed by atoms with E-state index in [1.165, 1.54) is 5.56 Å². The predicted octanol–water partition coefficient (Wildman–Crippen LogP) is 4.67. The molecule has 1 aliphatic carbocycles. The van der Waals surface area contributed by atoms with Gasteiger partial charge in [0.05, 0.1) is 31.0 Å². The Labute approximate surface area is 227 Å². The highest BCUT2D eigenvalue weighted by molar-refractivity contribution is 6.31. The minimum absolute atomic E-state index is 0.265. The molecule has 2 unspecified atom stereocenters. The Kier molecular flexibility index (Phi) is 11.6. The lowest BCUT2D eigenvalue weighted by molar-refractivity contribution is -0.112. The molecule has 2 atom stereocenters. The number of aliphatic hydroxyl groups is 1. The third-order valence-corrected chi connectivity index (χ3v) is 8.48. The quantitative estimate of drug-likeness (QED) is 0.391. The third-order valence-electron chi connectivity index (χ3n) is 8.14. The van der Waals surface area contributed by atoms with E-state index in [2.05, 4.69) is 28.2 Å². The molecule has 37 heavy (non-hydrogen) atoms. The molecule has 0 spiro atoms. The lowest BCUT2D eigenvalue weighted by Crippen LogP contribution is -2.56. The van der Waals surface area contributed by atoms with Crippen LogP contribution in [-0.4, -0.2) is 80.7 Å². The van der Waals surface area contributed by atoms with Crippen molar-refractivity contribution in [3.05, 3.63) is 40.2 Å². The lowest BCUT2D eigenvalue weighted by atomic mass is 9.85. The van der Waals surface area contributed by atoms with Crippen molar-refractivity contribution in [3.63, 3.8) is 0 Å². The van der Waals surface area contributed by atoms with Gasteiger partial charge in [0.1, 0.15) is 12.1 Å². The summed E-state index contributed by atoms with van der Waals surface area (Å²) < 4.78 is 10.7. The second-order valence-corrected chi connectivity index (χ2v) is 10.9. The third kappa shape index (κ3) is 7.87. The van der Waals surface area contributed by atoms with Crippen molar-refractivity contribution < 1.29 is 19.4 Å². The van der Waals surface area contributed by atoms with Crippen LogP contribution in [0.5, 0.6) is 0 Å². The lowest BCUT2D eigenvalue weighted by Gasteiger charge is -2.43. The SMILES string of the molecule is C/C=N\C(=C/c1ccc(Cl)c(C2CCN(C3(C)COCC3O)CC2)c1)NC.COC1CCC(C=O)CC1. The highest BCUT2D eigenvalue weighted by Crippen LogP contribution is 2.37. The second kappa shape index (κ2) is 14.4. The Hall–Kier alpha value is -1.77. The van der Waals surface area contributed by atoms with E-state index in [1.807, 2.05) is 32.2 Å². The number of carbonyl (C=O) groups excluding carboxylic acids is 1. The number of hydrogen-bond acceptors (Lipinski definition) is 7. The number of nitrogens with zero attached hydrogens (tertiary/aromatic N) is 2. The number of halogens is 1. The van der Waals surface area contributed by atoms with E-state index in [9.17, 15) is 9.90 Å². The zero-order valence-corrected chi connectivity index (χ0v) is 23.5. The largest absolute Gasteiger partial charge is 0.389 e. The first-order valence-electron chi connectivity index (χ1n) is 13.5. The number of ether oxygens (including phenoxy) is 2. The average molecular weight is 534 g/mol. The number of carbonyl (C=O) groups is 1. The molecule has 1 aromatic carbocycles. The maximum absolute atomic E-state index is 10.3. The van der Waals surface area contributed by atoms with E-state index in [4.69, 9.17) is 21.1 Å². The van der Waals surface area contributed by atoms with Crippen LogP contribution in [-0.2, 0) is 14.3 Å². The van der Waals surface area contributed by atoms with Crippen LogP contribution in [0.4, 0.5) is 0 Å². The standard InChI is InChI=1S/C21H30ClN3O2.C8H14O2/c1-4-24-20(23-3)12-15-5-6-18(22)17(11-15)16-7-9-25(10-8-16)21(2)14-27-13-19(21)26;1-10-8-4-2-7(6-9)3-5-8/h4-6,11-12,16,19,23,26H,7-10,13-14H2,1-3H3;6-8H,2-5H2,1H3/b20-12-,24-4-;. The van der Waals surface area contributed by atoms with E-state index in [-0.39, 0.29) is 5.54 Å². The summed E-state index contributed by atoms with van der Waals surface area (Å²) in [5.74, 6) is 1.56. The molecule has 2 aliphatic heterocycles. The molecule has 0 amide bonds. The van der Waals surface area contributed by atoms with Crippen molar-refractivity contribution in [1.82, 2.24) is 10.2 Å². The first kappa shape index (κ1) is 29.8. The number of aliphatic imine (C=N–C) groups is 1. The van der Waals surface area contributed by atoms with Gasteiger partial charge in [-0.15, -0.1) is 0 Å². The van der Waals surface area contributed by atoms with E-state index >= 15 is 0 Å². The molecule has 8 heteroatoms. The van der Waals surface area contributed by atoms with E-state index in [0.717, 1.165) is 74.3 Å². The van der Waals surface area contributed by atoms with Crippen LogP contribution in [0.25, 0.3) is 6.08 Å². The van der Waals surface area contributed by atoms with E-state index in [0.29, 0.717) is 31.2 Å². The summed E-state index contributed by atoms with van der Waals surface area (Å²) in [7, 11) is 3.61. The maximum atomic E-state index is 10.3. The van der Waals surface area contributed by atoms with Crippen LogP contribution in [0.1, 0.15) is 69.4 Å². The summed E-state index contributed by atoms with van der Waals surface area (Å²) in [6.07, 6.45) is 11.1. The summed E-state index contributed by atoms with van der Waals surface area (Å²) in [5.41, 5.74) is 2.03. The number of aldehydes is 1. The molecule has 4 rings (SSSR count). The second-order valence-electron chi connectivity index (χ2n) is 10.5. The molecule has 1 aromatic rings. The van der Waals surface area contributed by atoms with Gasteiger partial charge in [0.25, 0.3) is 0 Å². The molecule has 0 aromatic heterocycles. The molecule has 0 bridgehead atoms. The van der Waals surface area contributed by atoms with Gasteiger partial charge in [0.15, 0.2) is 0 Å². The number of benzene rings is 1. The Morgan fingerprint density at radius 1 is 1.24 bits per heavy atom. The molecule has 2 heterocycles. The van der Waals surface area contributed by atoms with Crippen LogP contribution in [0.2, 0.25) is 5.02 Å². The van der Waals surface area contributed by atoms with Gasteiger partial charge in [-0.05, 0) is 101 Å². The van der Waals surface area contributed by atoms with Crippen LogP contribution in [0, 0.1) is 5.92 Å². The Morgan fingerprint density at radius 2 is 1.95 bits per heavy atom. The van der Waals surface area contributed by atoms with E-state index in [1.54, 1.807) is 13.3 Å². The van der Waals surface area contributed by atoms with Crippen molar-refractivity contribution in [2.45, 2.75) is 76.0 Å². The van der Waals surface area contributed by atoms with Gasteiger partial charge in [-0.3, -0.25) is 4.90 Å². The molecule has 7 nitrogen and oxygen atoms in total. The highest BCUT2D eigenvalue weighted by atomic mass is 35.5. The van der Waals surface area contributed by atoms with Crippen molar-refractivity contribution in [2.75, 3.05) is 40.5 Å². The molecule has 3 aliphatic rings. The monoisotopic (exact) mass is 533 g/mol. The Bertz CT molecular complexity index is 924. The summed E-state index contributed by atoms with van der Waals surface area (Å²) in [5, 5.41) is 14.2. The van der Waals surface area contributed by atoms with Crippen molar-refractivity contribution in [3.8, 4) is 0 Å². The van der Waals surface area contributed by atoms with Crippen molar-refractivity contribution in [2.24, 2.45) is 10.9 Å². The minimum Gasteiger partial charge on any atom is -0.389 e. The summed E-state index contributed by atoms with van der Waals surface area (Å²) in [6, 6.07) is 6.19. The van der Waals surface area contributed by atoms with Crippen LogP contribution in [0.15, 0.2) is 29.0 Å². The summed E-state index contributed by atoms with van der Waals surface area (Å²) in [4.78, 5) is 17.0.